The Kier molecular flexibility index (Phi) is 5.47. The number of hydrogen-bond acceptors (Lipinski definition) is 2. The third-order valence-electron chi connectivity index (χ3n) is 4.87. The van der Waals surface area contributed by atoms with E-state index in [1.165, 1.54) is 43.2 Å². The van der Waals surface area contributed by atoms with Gasteiger partial charge in [0.05, 0.1) is 0 Å². The minimum absolute atomic E-state index is 0.297. The Hall–Kier alpha value is -1.02. The summed E-state index contributed by atoms with van der Waals surface area (Å²) >= 11 is 0. The Morgan fingerprint density at radius 3 is 2.75 bits per heavy atom. The van der Waals surface area contributed by atoms with Crippen molar-refractivity contribution in [2.24, 2.45) is 17.6 Å². The predicted octanol–water partition coefficient (Wildman–Crippen LogP) is 4.23. The van der Waals surface area contributed by atoms with E-state index >= 15 is 0 Å². The van der Waals surface area contributed by atoms with Crippen LogP contribution in [0.4, 0.5) is 0 Å². The van der Waals surface area contributed by atoms with Crippen molar-refractivity contribution >= 4 is 0 Å². The Balaban J connectivity index is 2.09. The molecule has 2 rings (SSSR count). The van der Waals surface area contributed by atoms with E-state index in [1.54, 1.807) is 0 Å². The molecule has 0 amide bonds. The number of benzene rings is 1. The molecule has 0 aromatic heterocycles. The van der Waals surface area contributed by atoms with Gasteiger partial charge >= 0.3 is 0 Å². The van der Waals surface area contributed by atoms with Gasteiger partial charge in [0, 0.05) is 5.92 Å². The van der Waals surface area contributed by atoms with Crippen LogP contribution < -0.4 is 10.5 Å². The molecule has 2 N–H and O–H groups in total. The monoisotopic (exact) mass is 275 g/mol. The lowest BCUT2D eigenvalue weighted by atomic mass is 9.78. The molecule has 1 saturated carbocycles. The first-order chi connectivity index (χ1) is 9.65. The Bertz CT molecular complexity index is 429. The molecule has 0 radical (unpaired) electrons. The maximum atomic E-state index is 6.37. The van der Waals surface area contributed by atoms with Crippen molar-refractivity contribution in [3.8, 4) is 5.75 Å². The maximum absolute atomic E-state index is 6.37. The Labute approximate surface area is 123 Å². The fourth-order valence-corrected chi connectivity index (χ4v) is 3.37. The molecule has 0 bridgehead atoms. The summed E-state index contributed by atoms with van der Waals surface area (Å²) in [4.78, 5) is 0. The molecule has 3 unspecified atom stereocenters. The fourth-order valence-electron chi connectivity index (χ4n) is 3.37. The van der Waals surface area contributed by atoms with E-state index in [-0.39, 0.29) is 0 Å². The van der Waals surface area contributed by atoms with E-state index in [1.807, 2.05) is 0 Å². The topological polar surface area (TPSA) is 35.2 Å². The van der Waals surface area contributed by atoms with E-state index in [0.29, 0.717) is 12.0 Å². The van der Waals surface area contributed by atoms with Crippen LogP contribution in [0.5, 0.6) is 5.75 Å². The van der Waals surface area contributed by atoms with Crippen molar-refractivity contribution in [3.63, 3.8) is 0 Å². The second-order valence-corrected chi connectivity index (χ2v) is 6.32. The van der Waals surface area contributed by atoms with Crippen LogP contribution in [0.3, 0.4) is 0 Å². The summed E-state index contributed by atoms with van der Waals surface area (Å²) in [5, 5.41) is 0. The summed E-state index contributed by atoms with van der Waals surface area (Å²) in [5.41, 5.74) is 8.52. The lowest BCUT2D eigenvalue weighted by molar-refractivity contribution is 0.0663. The lowest BCUT2D eigenvalue weighted by Gasteiger charge is -2.36. The number of ether oxygens (including phenoxy) is 1. The standard InChI is InChI=1S/C18H29NO/c1-4-6-15-9-10-16(12-19)18(11-15)20-17-8-5-7-13(2)14(17)3/h5,7-8,15-16,18H,4,6,9-12,19H2,1-3H3. The van der Waals surface area contributed by atoms with Crippen molar-refractivity contribution < 1.29 is 4.74 Å². The molecular formula is C18H29NO. The van der Waals surface area contributed by atoms with Gasteiger partial charge in [-0.25, -0.2) is 0 Å². The van der Waals surface area contributed by atoms with Crippen LogP contribution in [0.25, 0.3) is 0 Å². The molecule has 3 atom stereocenters. The quantitative estimate of drug-likeness (QED) is 0.873. The minimum Gasteiger partial charge on any atom is -0.490 e. The van der Waals surface area contributed by atoms with Gasteiger partial charge in [0.25, 0.3) is 0 Å². The van der Waals surface area contributed by atoms with E-state index in [0.717, 1.165) is 18.2 Å². The predicted molar refractivity (Wildman–Crippen MR) is 85.1 cm³/mol. The van der Waals surface area contributed by atoms with E-state index in [4.69, 9.17) is 10.5 Å². The van der Waals surface area contributed by atoms with Gasteiger partial charge in [-0.05, 0) is 62.8 Å². The van der Waals surface area contributed by atoms with Crippen LogP contribution in [-0.4, -0.2) is 12.6 Å². The molecule has 1 aliphatic rings. The summed E-state index contributed by atoms with van der Waals surface area (Å²) in [6.45, 7) is 7.31. The van der Waals surface area contributed by atoms with E-state index in [2.05, 4.69) is 39.0 Å². The van der Waals surface area contributed by atoms with Crippen LogP contribution in [0, 0.1) is 25.7 Å². The Morgan fingerprint density at radius 2 is 2.05 bits per heavy atom. The largest absolute Gasteiger partial charge is 0.490 e. The average molecular weight is 275 g/mol. The molecule has 1 aromatic rings. The molecule has 20 heavy (non-hydrogen) atoms. The molecule has 0 heterocycles. The molecule has 1 aromatic carbocycles. The van der Waals surface area contributed by atoms with Crippen LogP contribution >= 0.6 is 0 Å². The highest BCUT2D eigenvalue weighted by Gasteiger charge is 2.31. The molecule has 0 spiro atoms. The lowest BCUT2D eigenvalue weighted by Crippen LogP contribution is -2.38. The molecule has 1 fully saturated rings. The van der Waals surface area contributed by atoms with Gasteiger partial charge in [-0.15, -0.1) is 0 Å². The summed E-state index contributed by atoms with van der Waals surface area (Å²) in [6, 6.07) is 6.32. The van der Waals surface area contributed by atoms with Crippen LogP contribution in [0.2, 0.25) is 0 Å². The molecule has 0 aliphatic heterocycles. The van der Waals surface area contributed by atoms with E-state index in [9.17, 15) is 0 Å². The highest BCUT2D eigenvalue weighted by atomic mass is 16.5. The van der Waals surface area contributed by atoms with Gasteiger partial charge < -0.3 is 10.5 Å². The molecule has 112 valence electrons. The van der Waals surface area contributed by atoms with E-state index < -0.39 is 0 Å². The smallest absolute Gasteiger partial charge is 0.122 e. The average Bonchev–Trinajstić information content (AvgIpc) is 2.45. The number of nitrogens with two attached hydrogens (primary N) is 1. The van der Waals surface area contributed by atoms with Gasteiger partial charge in [0.2, 0.25) is 0 Å². The summed E-state index contributed by atoms with van der Waals surface area (Å²) in [5.74, 6) is 2.38. The van der Waals surface area contributed by atoms with Gasteiger partial charge in [-0.1, -0.05) is 31.9 Å². The molecule has 2 nitrogen and oxygen atoms in total. The first-order valence-electron chi connectivity index (χ1n) is 8.08. The minimum atomic E-state index is 0.297. The van der Waals surface area contributed by atoms with Crippen LogP contribution in [0.1, 0.15) is 50.2 Å². The second-order valence-electron chi connectivity index (χ2n) is 6.32. The van der Waals surface area contributed by atoms with Gasteiger partial charge in [-0.2, -0.15) is 0 Å². The third kappa shape index (κ3) is 3.54. The van der Waals surface area contributed by atoms with Crippen molar-refractivity contribution in [1.82, 2.24) is 0 Å². The van der Waals surface area contributed by atoms with Crippen LogP contribution in [-0.2, 0) is 0 Å². The highest BCUT2D eigenvalue weighted by Crippen LogP contribution is 2.35. The highest BCUT2D eigenvalue weighted by molar-refractivity contribution is 5.38. The molecular weight excluding hydrogens is 246 g/mol. The number of rotatable bonds is 5. The molecule has 2 heteroatoms. The number of hydrogen-bond donors (Lipinski definition) is 1. The normalized spacial score (nSPS) is 26.5. The molecule has 1 aliphatic carbocycles. The second kappa shape index (κ2) is 7.12. The maximum Gasteiger partial charge on any atom is 0.122 e. The summed E-state index contributed by atoms with van der Waals surface area (Å²) < 4.78 is 6.37. The zero-order valence-electron chi connectivity index (χ0n) is 13.2. The van der Waals surface area contributed by atoms with Crippen molar-refractivity contribution in [2.75, 3.05) is 6.54 Å². The molecule has 0 saturated heterocycles. The number of aryl methyl sites for hydroxylation is 1. The fraction of sp³-hybridized carbons (Fsp3) is 0.667. The van der Waals surface area contributed by atoms with Crippen molar-refractivity contribution in [2.45, 2.75) is 59.0 Å². The van der Waals surface area contributed by atoms with Crippen molar-refractivity contribution in [3.05, 3.63) is 29.3 Å². The van der Waals surface area contributed by atoms with Gasteiger partial charge in [0.1, 0.15) is 11.9 Å². The first-order valence-corrected chi connectivity index (χ1v) is 8.08. The first kappa shape index (κ1) is 15.4. The summed E-state index contributed by atoms with van der Waals surface area (Å²) in [6.07, 6.45) is 6.60. The zero-order valence-corrected chi connectivity index (χ0v) is 13.2. The van der Waals surface area contributed by atoms with Gasteiger partial charge in [-0.3, -0.25) is 0 Å². The SMILES string of the molecule is CCCC1CCC(CN)C(Oc2cccc(C)c2C)C1. The Morgan fingerprint density at radius 1 is 1.25 bits per heavy atom. The summed E-state index contributed by atoms with van der Waals surface area (Å²) in [7, 11) is 0. The third-order valence-corrected chi connectivity index (χ3v) is 4.87. The van der Waals surface area contributed by atoms with Gasteiger partial charge in [0.15, 0.2) is 0 Å². The van der Waals surface area contributed by atoms with Crippen LogP contribution in [0.15, 0.2) is 18.2 Å². The van der Waals surface area contributed by atoms with Crippen molar-refractivity contribution in [1.29, 1.82) is 0 Å². The zero-order chi connectivity index (χ0) is 14.5.